The molecule has 1 saturated heterocycles. The first-order valence-electron chi connectivity index (χ1n) is 6.20. The molecule has 0 atom stereocenters. The van der Waals surface area contributed by atoms with Gasteiger partial charge in [-0.05, 0) is 56.4 Å². The fourth-order valence-corrected chi connectivity index (χ4v) is 2.42. The Bertz CT molecular complexity index is 291. The van der Waals surface area contributed by atoms with Crippen LogP contribution in [0.2, 0.25) is 0 Å². The summed E-state index contributed by atoms with van der Waals surface area (Å²) in [4.78, 5) is 6.67. The average Bonchev–Trinajstić information content (AvgIpc) is 2.33. The molecule has 2 heterocycles. The van der Waals surface area contributed by atoms with E-state index in [4.69, 9.17) is 5.73 Å². The van der Waals surface area contributed by atoms with E-state index in [1.54, 1.807) is 0 Å². The lowest BCUT2D eigenvalue weighted by Gasteiger charge is -2.31. The lowest BCUT2D eigenvalue weighted by Crippen LogP contribution is -2.33. The zero-order valence-corrected chi connectivity index (χ0v) is 9.81. The highest BCUT2D eigenvalue weighted by molar-refractivity contribution is 5.08. The molecule has 0 radical (unpaired) electrons. The molecule has 1 aliphatic heterocycles. The van der Waals surface area contributed by atoms with Gasteiger partial charge in [0.2, 0.25) is 0 Å². The molecule has 0 amide bonds. The van der Waals surface area contributed by atoms with Gasteiger partial charge in [-0.3, -0.25) is 9.88 Å². The molecule has 88 valence electrons. The van der Waals surface area contributed by atoms with Crippen LogP contribution in [-0.4, -0.2) is 29.5 Å². The molecule has 0 aliphatic carbocycles. The lowest BCUT2D eigenvalue weighted by atomic mass is 9.93. The summed E-state index contributed by atoms with van der Waals surface area (Å²) in [6.07, 6.45) is 7.60. The van der Waals surface area contributed by atoms with E-state index in [1.807, 2.05) is 18.5 Å². The predicted octanol–water partition coefficient (Wildman–Crippen LogP) is 1.64. The van der Waals surface area contributed by atoms with Gasteiger partial charge in [-0.15, -0.1) is 0 Å². The Hall–Kier alpha value is -0.930. The van der Waals surface area contributed by atoms with Crippen LogP contribution in [0.15, 0.2) is 24.5 Å². The minimum Gasteiger partial charge on any atom is -0.330 e. The molecule has 0 unspecified atom stereocenters. The Labute approximate surface area is 97.7 Å². The Morgan fingerprint density at radius 1 is 1.38 bits per heavy atom. The number of nitrogens with two attached hydrogens (primary N) is 1. The number of aromatic nitrogens is 1. The van der Waals surface area contributed by atoms with Crippen molar-refractivity contribution >= 4 is 0 Å². The van der Waals surface area contributed by atoms with Crippen LogP contribution in [0.1, 0.15) is 24.8 Å². The number of nitrogens with zero attached hydrogens (tertiary/aromatic N) is 2. The van der Waals surface area contributed by atoms with Crippen LogP contribution in [0, 0.1) is 5.92 Å². The number of hydrogen-bond donors (Lipinski definition) is 1. The van der Waals surface area contributed by atoms with Crippen LogP contribution < -0.4 is 5.73 Å². The maximum Gasteiger partial charge on any atom is 0.0312 e. The molecule has 2 N–H and O–H groups in total. The second-order valence-corrected chi connectivity index (χ2v) is 4.66. The third-order valence-corrected chi connectivity index (χ3v) is 3.41. The molecule has 1 aromatic rings. The number of rotatable bonds is 4. The van der Waals surface area contributed by atoms with Crippen molar-refractivity contribution in [2.75, 3.05) is 19.6 Å². The van der Waals surface area contributed by atoms with Crippen LogP contribution in [0.25, 0.3) is 0 Å². The molecule has 3 heteroatoms. The van der Waals surface area contributed by atoms with Gasteiger partial charge in [-0.1, -0.05) is 6.07 Å². The number of piperidine rings is 1. The molecule has 0 spiro atoms. The topological polar surface area (TPSA) is 42.1 Å². The molecular weight excluding hydrogens is 198 g/mol. The second-order valence-electron chi connectivity index (χ2n) is 4.66. The highest BCUT2D eigenvalue weighted by Gasteiger charge is 2.18. The van der Waals surface area contributed by atoms with Crippen molar-refractivity contribution in [2.24, 2.45) is 11.7 Å². The third kappa shape index (κ3) is 3.29. The van der Waals surface area contributed by atoms with Gasteiger partial charge >= 0.3 is 0 Å². The van der Waals surface area contributed by atoms with E-state index in [1.165, 1.54) is 37.9 Å². The number of likely N-dealkylation sites (tertiary alicyclic amines) is 1. The standard InChI is InChI=1S/C13H21N3/c14-6-3-12-4-8-16(9-5-12)11-13-2-1-7-15-10-13/h1-2,7,10,12H,3-6,8-9,11,14H2. The summed E-state index contributed by atoms with van der Waals surface area (Å²) in [5, 5.41) is 0. The molecule has 2 rings (SSSR count). The Balaban J connectivity index is 1.77. The van der Waals surface area contributed by atoms with Gasteiger partial charge in [0.15, 0.2) is 0 Å². The molecule has 1 fully saturated rings. The lowest BCUT2D eigenvalue weighted by molar-refractivity contribution is 0.173. The van der Waals surface area contributed by atoms with Crippen LogP contribution in [-0.2, 0) is 6.54 Å². The summed E-state index contributed by atoms with van der Waals surface area (Å²) in [5.41, 5.74) is 6.91. The third-order valence-electron chi connectivity index (χ3n) is 3.41. The summed E-state index contributed by atoms with van der Waals surface area (Å²) >= 11 is 0. The molecule has 16 heavy (non-hydrogen) atoms. The fourth-order valence-electron chi connectivity index (χ4n) is 2.42. The maximum atomic E-state index is 5.60. The maximum absolute atomic E-state index is 5.60. The molecule has 0 aromatic carbocycles. The van der Waals surface area contributed by atoms with Crippen molar-refractivity contribution in [2.45, 2.75) is 25.8 Å². The highest BCUT2D eigenvalue weighted by Crippen LogP contribution is 2.20. The summed E-state index contributed by atoms with van der Waals surface area (Å²) in [5.74, 6) is 0.857. The Morgan fingerprint density at radius 2 is 2.19 bits per heavy atom. The van der Waals surface area contributed by atoms with E-state index in [2.05, 4.69) is 16.0 Å². The van der Waals surface area contributed by atoms with Crippen molar-refractivity contribution < 1.29 is 0 Å². The molecule has 1 aromatic heterocycles. The molecule has 1 aliphatic rings. The van der Waals surface area contributed by atoms with E-state index in [0.717, 1.165) is 19.0 Å². The summed E-state index contributed by atoms with van der Waals surface area (Å²) in [6, 6.07) is 4.16. The van der Waals surface area contributed by atoms with Gasteiger partial charge in [-0.2, -0.15) is 0 Å². The normalized spacial score (nSPS) is 18.8. The van der Waals surface area contributed by atoms with E-state index in [-0.39, 0.29) is 0 Å². The van der Waals surface area contributed by atoms with Crippen molar-refractivity contribution in [3.63, 3.8) is 0 Å². The second kappa shape index (κ2) is 5.97. The predicted molar refractivity (Wildman–Crippen MR) is 65.9 cm³/mol. The summed E-state index contributed by atoms with van der Waals surface area (Å²) < 4.78 is 0. The van der Waals surface area contributed by atoms with Gasteiger partial charge in [0.1, 0.15) is 0 Å². The largest absolute Gasteiger partial charge is 0.330 e. The highest BCUT2D eigenvalue weighted by atomic mass is 15.1. The SMILES string of the molecule is NCCC1CCN(Cc2cccnc2)CC1. The van der Waals surface area contributed by atoms with Gasteiger partial charge in [0.25, 0.3) is 0 Å². The van der Waals surface area contributed by atoms with Gasteiger partial charge in [0, 0.05) is 18.9 Å². The van der Waals surface area contributed by atoms with Crippen LogP contribution >= 0.6 is 0 Å². The summed E-state index contributed by atoms with van der Waals surface area (Å²) in [6.45, 7) is 4.30. The molecule has 0 saturated carbocycles. The molecular formula is C13H21N3. The first-order chi connectivity index (χ1) is 7.88. The van der Waals surface area contributed by atoms with E-state index in [0.29, 0.717) is 0 Å². The molecule has 0 bridgehead atoms. The van der Waals surface area contributed by atoms with Crippen molar-refractivity contribution in [3.8, 4) is 0 Å². The van der Waals surface area contributed by atoms with Gasteiger partial charge < -0.3 is 5.73 Å². The van der Waals surface area contributed by atoms with Crippen molar-refractivity contribution in [3.05, 3.63) is 30.1 Å². The minimum atomic E-state index is 0.841. The van der Waals surface area contributed by atoms with Gasteiger partial charge in [0.05, 0.1) is 0 Å². The van der Waals surface area contributed by atoms with Crippen LogP contribution in [0.5, 0.6) is 0 Å². The minimum absolute atomic E-state index is 0.841. The first-order valence-corrected chi connectivity index (χ1v) is 6.20. The monoisotopic (exact) mass is 219 g/mol. The van der Waals surface area contributed by atoms with E-state index in [9.17, 15) is 0 Å². The number of hydrogen-bond acceptors (Lipinski definition) is 3. The smallest absolute Gasteiger partial charge is 0.0312 e. The zero-order valence-electron chi connectivity index (χ0n) is 9.81. The Morgan fingerprint density at radius 3 is 2.81 bits per heavy atom. The fraction of sp³-hybridized carbons (Fsp3) is 0.615. The average molecular weight is 219 g/mol. The summed E-state index contributed by atoms with van der Waals surface area (Å²) in [7, 11) is 0. The first kappa shape index (κ1) is 11.6. The quantitative estimate of drug-likeness (QED) is 0.837. The van der Waals surface area contributed by atoms with Crippen molar-refractivity contribution in [1.82, 2.24) is 9.88 Å². The zero-order chi connectivity index (χ0) is 11.2. The molecule has 3 nitrogen and oxygen atoms in total. The van der Waals surface area contributed by atoms with E-state index < -0.39 is 0 Å². The number of pyridine rings is 1. The van der Waals surface area contributed by atoms with Crippen molar-refractivity contribution in [1.29, 1.82) is 0 Å². The van der Waals surface area contributed by atoms with Gasteiger partial charge in [-0.25, -0.2) is 0 Å². The van der Waals surface area contributed by atoms with Crippen LogP contribution in [0.3, 0.4) is 0 Å². The van der Waals surface area contributed by atoms with E-state index >= 15 is 0 Å². The Kier molecular flexibility index (Phi) is 4.31. The van der Waals surface area contributed by atoms with Crippen LogP contribution in [0.4, 0.5) is 0 Å².